The maximum absolute atomic E-state index is 3.51. The van der Waals surface area contributed by atoms with Gasteiger partial charge in [0.25, 0.3) is 0 Å². The first kappa shape index (κ1) is 11.0. The van der Waals surface area contributed by atoms with Crippen molar-refractivity contribution in [3.05, 3.63) is 0 Å². The molecule has 0 saturated heterocycles. The second kappa shape index (κ2) is 5.61. The average Bonchev–Trinajstić information content (AvgIpc) is 2.74. The van der Waals surface area contributed by atoms with E-state index in [1.54, 1.807) is 0 Å². The zero-order valence-electron chi connectivity index (χ0n) is 9.27. The van der Waals surface area contributed by atoms with Crippen LogP contribution in [0.2, 0.25) is 0 Å². The Labute approximate surface area is 82.5 Å². The first-order valence-corrected chi connectivity index (χ1v) is 5.64. The van der Waals surface area contributed by atoms with Crippen molar-refractivity contribution in [2.45, 2.75) is 39.7 Å². The molecule has 0 aliphatic heterocycles. The van der Waals surface area contributed by atoms with E-state index in [1.807, 2.05) is 0 Å². The normalized spacial score (nSPS) is 26.8. The summed E-state index contributed by atoms with van der Waals surface area (Å²) in [5.74, 6) is 1.97. The van der Waals surface area contributed by atoms with Gasteiger partial charge in [-0.25, -0.2) is 0 Å². The molecule has 1 rings (SSSR count). The van der Waals surface area contributed by atoms with E-state index in [9.17, 15) is 0 Å². The van der Waals surface area contributed by atoms with Crippen LogP contribution in [0.5, 0.6) is 0 Å². The van der Waals surface area contributed by atoms with E-state index in [0.29, 0.717) is 6.04 Å². The Morgan fingerprint density at radius 1 is 1.31 bits per heavy atom. The third kappa shape index (κ3) is 5.27. The van der Waals surface area contributed by atoms with Crippen molar-refractivity contribution in [3.8, 4) is 0 Å². The van der Waals surface area contributed by atoms with Crippen LogP contribution in [-0.2, 0) is 0 Å². The average molecular weight is 184 g/mol. The van der Waals surface area contributed by atoms with Gasteiger partial charge in [-0.1, -0.05) is 20.8 Å². The molecule has 2 atom stereocenters. The van der Waals surface area contributed by atoms with Gasteiger partial charge in [-0.2, -0.15) is 0 Å². The maximum atomic E-state index is 3.51. The van der Waals surface area contributed by atoms with Gasteiger partial charge in [0.15, 0.2) is 0 Å². The summed E-state index contributed by atoms with van der Waals surface area (Å²) in [6.07, 6.45) is 2.69. The molecule has 0 bridgehead atoms. The molecule has 2 N–H and O–H groups in total. The molecule has 2 unspecified atom stereocenters. The summed E-state index contributed by atoms with van der Waals surface area (Å²) in [7, 11) is 0. The number of nitrogens with one attached hydrogen (secondary N) is 2. The largest absolute Gasteiger partial charge is 0.316 e. The Kier molecular flexibility index (Phi) is 4.74. The fourth-order valence-electron chi connectivity index (χ4n) is 1.58. The van der Waals surface area contributed by atoms with Crippen LogP contribution in [-0.4, -0.2) is 25.7 Å². The topological polar surface area (TPSA) is 24.1 Å². The standard InChI is InChI=1S/C11H24N2/c1-9(2)13-6-4-5-12-8-11-7-10(11)3/h9-13H,4-8H2,1-3H3. The Morgan fingerprint density at radius 3 is 2.54 bits per heavy atom. The lowest BCUT2D eigenvalue weighted by molar-refractivity contribution is 0.536. The second-order valence-corrected chi connectivity index (χ2v) is 4.64. The number of rotatable bonds is 7. The van der Waals surface area contributed by atoms with Gasteiger partial charge < -0.3 is 10.6 Å². The molecule has 2 nitrogen and oxygen atoms in total. The van der Waals surface area contributed by atoms with Crippen LogP contribution in [0.4, 0.5) is 0 Å². The Balaban J connectivity index is 1.74. The predicted molar refractivity (Wildman–Crippen MR) is 57.9 cm³/mol. The first-order chi connectivity index (χ1) is 6.20. The minimum atomic E-state index is 0.628. The van der Waals surface area contributed by atoms with Gasteiger partial charge in [0.2, 0.25) is 0 Å². The lowest BCUT2D eigenvalue weighted by atomic mass is 10.3. The van der Waals surface area contributed by atoms with Gasteiger partial charge in [-0.15, -0.1) is 0 Å². The predicted octanol–water partition coefficient (Wildman–Crippen LogP) is 1.62. The molecule has 0 aromatic heterocycles. The van der Waals surface area contributed by atoms with Crippen molar-refractivity contribution < 1.29 is 0 Å². The van der Waals surface area contributed by atoms with Crippen molar-refractivity contribution in [2.75, 3.05) is 19.6 Å². The molecule has 0 spiro atoms. The summed E-state index contributed by atoms with van der Waals surface area (Å²) in [4.78, 5) is 0. The van der Waals surface area contributed by atoms with E-state index in [1.165, 1.54) is 25.9 Å². The lowest BCUT2D eigenvalue weighted by Gasteiger charge is -2.08. The lowest BCUT2D eigenvalue weighted by Crippen LogP contribution is -2.27. The highest BCUT2D eigenvalue weighted by Crippen LogP contribution is 2.36. The Bertz CT molecular complexity index is 134. The highest BCUT2D eigenvalue weighted by atomic mass is 14.9. The summed E-state index contributed by atoms with van der Waals surface area (Å²) in [5, 5.41) is 6.93. The number of hydrogen-bond donors (Lipinski definition) is 2. The molecule has 0 radical (unpaired) electrons. The molecular weight excluding hydrogens is 160 g/mol. The zero-order chi connectivity index (χ0) is 9.68. The molecule has 1 aliphatic rings. The van der Waals surface area contributed by atoms with Gasteiger partial charge >= 0.3 is 0 Å². The molecule has 1 saturated carbocycles. The monoisotopic (exact) mass is 184 g/mol. The van der Waals surface area contributed by atoms with Gasteiger partial charge in [-0.05, 0) is 44.3 Å². The highest BCUT2D eigenvalue weighted by molar-refractivity contribution is 4.83. The van der Waals surface area contributed by atoms with Crippen LogP contribution >= 0.6 is 0 Å². The SMILES string of the molecule is CC(C)NCCCNCC1CC1C. The summed E-state index contributed by atoms with van der Waals surface area (Å²) in [6, 6.07) is 0.628. The molecule has 0 amide bonds. The maximum Gasteiger partial charge on any atom is 0.00103 e. The summed E-state index contributed by atoms with van der Waals surface area (Å²) < 4.78 is 0. The van der Waals surface area contributed by atoms with E-state index in [2.05, 4.69) is 31.4 Å². The Hall–Kier alpha value is -0.0800. The van der Waals surface area contributed by atoms with Crippen molar-refractivity contribution >= 4 is 0 Å². The van der Waals surface area contributed by atoms with Crippen LogP contribution in [0, 0.1) is 11.8 Å². The van der Waals surface area contributed by atoms with E-state index in [0.717, 1.165) is 18.4 Å². The van der Waals surface area contributed by atoms with Crippen LogP contribution in [0.15, 0.2) is 0 Å². The molecule has 1 aliphatic carbocycles. The van der Waals surface area contributed by atoms with Crippen LogP contribution in [0.25, 0.3) is 0 Å². The fourth-order valence-corrected chi connectivity index (χ4v) is 1.58. The quantitative estimate of drug-likeness (QED) is 0.588. The number of hydrogen-bond acceptors (Lipinski definition) is 2. The third-order valence-corrected chi connectivity index (χ3v) is 2.77. The molecule has 13 heavy (non-hydrogen) atoms. The second-order valence-electron chi connectivity index (χ2n) is 4.64. The van der Waals surface area contributed by atoms with Gasteiger partial charge in [0.1, 0.15) is 0 Å². The van der Waals surface area contributed by atoms with E-state index < -0.39 is 0 Å². The molecule has 2 heteroatoms. The molecule has 1 fully saturated rings. The van der Waals surface area contributed by atoms with Crippen molar-refractivity contribution in [2.24, 2.45) is 11.8 Å². The molecule has 0 aromatic carbocycles. The van der Waals surface area contributed by atoms with E-state index in [-0.39, 0.29) is 0 Å². The molecule has 0 heterocycles. The van der Waals surface area contributed by atoms with Crippen molar-refractivity contribution in [1.29, 1.82) is 0 Å². The van der Waals surface area contributed by atoms with Gasteiger partial charge in [0, 0.05) is 6.04 Å². The summed E-state index contributed by atoms with van der Waals surface area (Å²) in [6.45, 7) is 10.3. The minimum Gasteiger partial charge on any atom is -0.316 e. The summed E-state index contributed by atoms with van der Waals surface area (Å²) in [5.41, 5.74) is 0. The molecule has 0 aromatic rings. The highest BCUT2D eigenvalue weighted by Gasteiger charge is 2.31. The van der Waals surface area contributed by atoms with E-state index in [4.69, 9.17) is 0 Å². The zero-order valence-corrected chi connectivity index (χ0v) is 9.27. The summed E-state index contributed by atoms with van der Waals surface area (Å²) >= 11 is 0. The van der Waals surface area contributed by atoms with Crippen molar-refractivity contribution in [1.82, 2.24) is 10.6 Å². The molecule has 78 valence electrons. The Morgan fingerprint density at radius 2 is 2.00 bits per heavy atom. The molecular formula is C11H24N2. The van der Waals surface area contributed by atoms with Crippen LogP contribution in [0.3, 0.4) is 0 Å². The minimum absolute atomic E-state index is 0.628. The van der Waals surface area contributed by atoms with Crippen LogP contribution < -0.4 is 10.6 Å². The smallest absolute Gasteiger partial charge is 0.00103 e. The van der Waals surface area contributed by atoms with Gasteiger partial charge in [-0.3, -0.25) is 0 Å². The van der Waals surface area contributed by atoms with Crippen molar-refractivity contribution in [3.63, 3.8) is 0 Å². The van der Waals surface area contributed by atoms with E-state index >= 15 is 0 Å². The fraction of sp³-hybridized carbons (Fsp3) is 1.00. The van der Waals surface area contributed by atoms with Gasteiger partial charge in [0.05, 0.1) is 0 Å². The first-order valence-electron chi connectivity index (χ1n) is 5.64. The van der Waals surface area contributed by atoms with Crippen LogP contribution in [0.1, 0.15) is 33.6 Å². The third-order valence-electron chi connectivity index (χ3n) is 2.77.